The van der Waals surface area contributed by atoms with Gasteiger partial charge in [0, 0.05) is 44.1 Å². The van der Waals surface area contributed by atoms with Gasteiger partial charge in [-0.2, -0.15) is 0 Å². The molecule has 8 heteroatoms. The van der Waals surface area contributed by atoms with Crippen molar-refractivity contribution in [3.05, 3.63) is 90.0 Å². The first-order valence-corrected chi connectivity index (χ1v) is 11.2. The number of ether oxygens (including phenoxy) is 1. The molecule has 2 aliphatic rings. The molecule has 8 nitrogen and oxygen atoms in total. The maximum atomic E-state index is 13.7. The lowest BCUT2D eigenvalue weighted by molar-refractivity contribution is -0.138. The summed E-state index contributed by atoms with van der Waals surface area (Å²) in [5.74, 6) is 0.833. The molecule has 172 valence electrons. The van der Waals surface area contributed by atoms with E-state index in [2.05, 4.69) is 14.9 Å². The van der Waals surface area contributed by atoms with Gasteiger partial charge in [-0.3, -0.25) is 19.5 Å². The molecule has 0 atom stereocenters. The van der Waals surface area contributed by atoms with Gasteiger partial charge in [0.15, 0.2) is 0 Å². The number of imide groups is 1. The predicted molar refractivity (Wildman–Crippen MR) is 128 cm³/mol. The number of carbonyl (C=O) groups is 2. The Morgan fingerprint density at radius 3 is 2.15 bits per heavy atom. The summed E-state index contributed by atoms with van der Waals surface area (Å²) >= 11 is 0. The van der Waals surface area contributed by atoms with Crippen LogP contribution in [0.3, 0.4) is 0 Å². The average Bonchev–Trinajstić information content (AvgIpc) is 3.14. The third-order valence-corrected chi connectivity index (χ3v) is 6.14. The Labute approximate surface area is 198 Å². The molecule has 2 amide bonds. The molecular formula is C26H25N5O3. The van der Waals surface area contributed by atoms with Gasteiger partial charge in [0.25, 0.3) is 11.8 Å². The number of benzene rings is 1. The maximum absolute atomic E-state index is 13.7. The van der Waals surface area contributed by atoms with Crippen molar-refractivity contribution < 1.29 is 14.3 Å². The zero-order valence-electron chi connectivity index (χ0n) is 18.9. The first-order valence-electron chi connectivity index (χ1n) is 11.2. The number of para-hydroxylation sites is 1. The Hall–Kier alpha value is -4.20. The Balaban J connectivity index is 1.49. The molecule has 0 saturated carbocycles. The van der Waals surface area contributed by atoms with Gasteiger partial charge in [-0.25, -0.2) is 4.98 Å². The topological polar surface area (TPSA) is 78.9 Å². The minimum atomic E-state index is -0.331. The van der Waals surface area contributed by atoms with Crippen LogP contribution in [0.1, 0.15) is 11.3 Å². The smallest absolute Gasteiger partial charge is 0.278 e. The van der Waals surface area contributed by atoms with Crippen LogP contribution >= 0.6 is 0 Å². The second kappa shape index (κ2) is 9.35. The zero-order chi connectivity index (χ0) is 23.5. The van der Waals surface area contributed by atoms with E-state index in [1.807, 2.05) is 59.5 Å². The Bertz CT molecular complexity index is 1220. The van der Waals surface area contributed by atoms with Crippen LogP contribution < -0.4 is 9.64 Å². The van der Waals surface area contributed by atoms with Crippen molar-refractivity contribution in [1.29, 1.82) is 0 Å². The van der Waals surface area contributed by atoms with Crippen LogP contribution in [0.4, 0.5) is 5.82 Å². The number of nitrogens with zero attached hydrogens (tertiary/aromatic N) is 5. The number of methoxy groups -OCH3 is 1. The van der Waals surface area contributed by atoms with Crippen molar-refractivity contribution in [3.8, 4) is 5.75 Å². The third-order valence-electron chi connectivity index (χ3n) is 6.14. The highest BCUT2D eigenvalue weighted by Crippen LogP contribution is 2.37. The highest BCUT2D eigenvalue weighted by Gasteiger charge is 2.43. The summed E-state index contributed by atoms with van der Waals surface area (Å²) in [5.41, 5.74) is 2.08. The molecule has 1 saturated heterocycles. The summed E-state index contributed by atoms with van der Waals surface area (Å²) in [6.07, 6.45) is 3.44. The van der Waals surface area contributed by atoms with Crippen LogP contribution in [0.25, 0.3) is 5.57 Å². The van der Waals surface area contributed by atoms with Crippen LogP contribution in [-0.2, 0) is 16.1 Å². The summed E-state index contributed by atoms with van der Waals surface area (Å²) in [6, 6.07) is 18.6. The van der Waals surface area contributed by atoms with Crippen molar-refractivity contribution in [2.24, 2.45) is 0 Å². The van der Waals surface area contributed by atoms with Crippen molar-refractivity contribution in [3.63, 3.8) is 0 Å². The van der Waals surface area contributed by atoms with E-state index in [1.54, 1.807) is 25.6 Å². The van der Waals surface area contributed by atoms with E-state index in [9.17, 15) is 9.59 Å². The quantitative estimate of drug-likeness (QED) is 0.529. The summed E-state index contributed by atoms with van der Waals surface area (Å²) in [4.78, 5) is 41.5. The first kappa shape index (κ1) is 21.6. The minimum Gasteiger partial charge on any atom is -0.496 e. The summed E-state index contributed by atoms with van der Waals surface area (Å²) < 4.78 is 5.54. The molecule has 2 aliphatic heterocycles. The SMILES string of the molecule is COc1ccccc1C1=C(N2CCN(c3ccccn3)CC2)C(=O)N(Cc2ccccn2)C1=O. The van der Waals surface area contributed by atoms with Crippen molar-refractivity contribution >= 4 is 23.2 Å². The number of rotatable bonds is 6. The van der Waals surface area contributed by atoms with Gasteiger partial charge in [-0.15, -0.1) is 0 Å². The molecule has 1 aromatic carbocycles. The van der Waals surface area contributed by atoms with E-state index in [0.29, 0.717) is 54.5 Å². The molecule has 5 rings (SSSR count). The largest absolute Gasteiger partial charge is 0.496 e. The molecule has 0 unspecified atom stereocenters. The number of pyridine rings is 2. The normalized spacial score (nSPS) is 16.4. The number of carbonyl (C=O) groups excluding carboxylic acids is 2. The van der Waals surface area contributed by atoms with Crippen LogP contribution in [0, 0.1) is 0 Å². The van der Waals surface area contributed by atoms with Crippen LogP contribution in [0.2, 0.25) is 0 Å². The lowest BCUT2D eigenvalue weighted by atomic mass is 10.0. The van der Waals surface area contributed by atoms with Gasteiger partial charge in [-0.05, 0) is 30.3 Å². The Morgan fingerprint density at radius 2 is 1.47 bits per heavy atom. The number of hydrogen-bond acceptors (Lipinski definition) is 7. The standard InChI is InChI=1S/C26H25N5O3/c1-34-21-10-3-2-9-20(21)23-24(26(33)31(25(23)32)18-19-8-4-6-12-27-19)30-16-14-29(15-17-30)22-11-5-7-13-28-22/h2-13H,14-18H2,1H3. The second-order valence-electron chi connectivity index (χ2n) is 8.10. The molecule has 0 N–H and O–H groups in total. The van der Waals surface area contributed by atoms with E-state index in [0.717, 1.165) is 5.82 Å². The van der Waals surface area contributed by atoms with Crippen LogP contribution in [-0.4, -0.2) is 64.9 Å². The Morgan fingerprint density at radius 1 is 0.794 bits per heavy atom. The van der Waals surface area contributed by atoms with E-state index in [-0.39, 0.29) is 18.4 Å². The minimum absolute atomic E-state index is 0.120. The lowest BCUT2D eigenvalue weighted by Crippen LogP contribution is -2.47. The van der Waals surface area contributed by atoms with Crippen LogP contribution in [0.5, 0.6) is 5.75 Å². The van der Waals surface area contributed by atoms with E-state index >= 15 is 0 Å². The molecule has 0 radical (unpaired) electrons. The van der Waals surface area contributed by atoms with Gasteiger partial charge in [0.2, 0.25) is 0 Å². The fourth-order valence-corrected chi connectivity index (χ4v) is 4.45. The molecule has 0 spiro atoms. The van der Waals surface area contributed by atoms with Crippen LogP contribution in [0.15, 0.2) is 78.8 Å². The number of aromatic nitrogens is 2. The molecule has 3 aromatic rings. The fourth-order valence-electron chi connectivity index (χ4n) is 4.45. The molecule has 2 aromatic heterocycles. The van der Waals surface area contributed by atoms with Crippen molar-refractivity contribution in [2.45, 2.75) is 6.54 Å². The van der Waals surface area contributed by atoms with Crippen molar-refractivity contribution in [1.82, 2.24) is 19.8 Å². The fraction of sp³-hybridized carbons (Fsp3) is 0.231. The second-order valence-corrected chi connectivity index (χ2v) is 8.10. The Kier molecular flexibility index (Phi) is 5.95. The first-order chi connectivity index (χ1) is 16.7. The number of amides is 2. The van der Waals surface area contributed by atoms with E-state index in [1.165, 1.54) is 4.90 Å². The zero-order valence-corrected chi connectivity index (χ0v) is 18.9. The monoisotopic (exact) mass is 455 g/mol. The lowest BCUT2D eigenvalue weighted by Gasteiger charge is -2.37. The molecular weight excluding hydrogens is 430 g/mol. The van der Waals surface area contributed by atoms with Gasteiger partial charge in [-0.1, -0.05) is 30.3 Å². The molecule has 4 heterocycles. The third kappa shape index (κ3) is 3.98. The summed E-state index contributed by atoms with van der Waals surface area (Å²) in [6.45, 7) is 2.71. The summed E-state index contributed by atoms with van der Waals surface area (Å²) in [7, 11) is 1.57. The summed E-state index contributed by atoms with van der Waals surface area (Å²) in [5, 5.41) is 0. The van der Waals surface area contributed by atoms with Gasteiger partial charge in [0.1, 0.15) is 17.3 Å². The number of anilines is 1. The number of hydrogen-bond donors (Lipinski definition) is 0. The average molecular weight is 456 g/mol. The highest BCUT2D eigenvalue weighted by atomic mass is 16.5. The van der Waals surface area contributed by atoms with Crippen molar-refractivity contribution in [2.75, 3.05) is 38.2 Å². The highest BCUT2D eigenvalue weighted by molar-refractivity contribution is 6.35. The predicted octanol–water partition coefficient (Wildman–Crippen LogP) is 2.59. The maximum Gasteiger partial charge on any atom is 0.278 e. The van der Waals surface area contributed by atoms with Gasteiger partial charge in [0.05, 0.1) is 24.9 Å². The molecule has 0 bridgehead atoms. The number of piperazine rings is 1. The van der Waals surface area contributed by atoms with E-state index < -0.39 is 0 Å². The molecule has 0 aliphatic carbocycles. The molecule has 34 heavy (non-hydrogen) atoms. The molecule has 1 fully saturated rings. The van der Waals surface area contributed by atoms with Gasteiger partial charge < -0.3 is 14.5 Å². The van der Waals surface area contributed by atoms with E-state index in [4.69, 9.17) is 4.74 Å². The van der Waals surface area contributed by atoms with Gasteiger partial charge >= 0.3 is 0 Å².